The largest absolute Gasteiger partial charge is 0.449 e. The Morgan fingerprint density at radius 1 is 1.38 bits per heavy atom. The van der Waals surface area contributed by atoms with E-state index in [0.717, 1.165) is 4.90 Å². The van der Waals surface area contributed by atoms with Gasteiger partial charge in [0.15, 0.2) is 6.10 Å². The first-order valence-electron chi connectivity index (χ1n) is 8.16. The molecule has 9 nitrogen and oxygen atoms in total. The third-order valence-electron chi connectivity index (χ3n) is 3.68. The van der Waals surface area contributed by atoms with Crippen LogP contribution in [0.5, 0.6) is 0 Å². The monoisotopic (exact) mass is 383 g/mol. The van der Waals surface area contributed by atoms with Crippen molar-refractivity contribution in [2.45, 2.75) is 31.3 Å². The minimum atomic E-state index is -3.73. The molecule has 0 spiro atoms. The van der Waals surface area contributed by atoms with Gasteiger partial charge in [-0.1, -0.05) is 13.0 Å². The van der Waals surface area contributed by atoms with Crippen LogP contribution >= 0.6 is 0 Å². The lowest BCUT2D eigenvalue weighted by Gasteiger charge is -2.18. The minimum Gasteiger partial charge on any atom is -0.449 e. The number of ether oxygens (including phenoxy) is 1. The number of nitrogens with zero attached hydrogens (tertiary/aromatic N) is 1. The molecule has 1 fully saturated rings. The summed E-state index contributed by atoms with van der Waals surface area (Å²) in [5.74, 6) is -1.49. The number of carbonyl (C=O) groups is 3. The number of hydrogen-bond donors (Lipinski definition) is 2. The second-order valence-corrected chi connectivity index (χ2v) is 7.46. The molecule has 1 atom stereocenters. The molecule has 1 aliphatic rings. The summed E-state index contributed by atoms with van der Waals surface area (Å²) in [6, 6.07) is 4.81. The first-order chi connectivity index (χ1) is 12.3. The van der Waals surface area contributed by atoms with Gasteiger partial charge in [-0.3, -0.25) is 9.69 Å². The van der Waals surface area contributed by atoms with Gasteiger partial charge in [0.25, 0.3) is 5.91 Å². The number of sulfonamides is 1. The van der Waals surface area contributed by atoms with Crippen molar-refractivity contribution in [1.82, 2.24) is 14.9 Å². The first-order valence-corrected chi connectivity index (χ1v) is 9.64. The van der Waals surface area contributed by atoms with Gasteiger partial charge in [0, 0.05) is 19.6 Å². The van der Waals surface area contributed by atoms with Crippen molar-refractivity contribution in [1.29, 1.82) is 0 Å². The molecule has 0 saturated carbocycles. The Kier molecular flexibility index (Phi) is 6.32. The molecule has 0 aliphatic carbocycles. The second kappa shape index (κ2) is 8.28. The Morgan fingerprint density at radius 3 is 2.73 bits per heavy atom. The van der Waals surface area contributed by atoms with Gasteiger partial charge >= 0.3 is 12.0 Å². The molecule has 26 heavy (non-hydrogen) atoms. The summed E-state index contributed by atoms with van der Waals surface area (Å²) in [5, 5.41) is 2.48. The van der Waals surface area contributed by atoms with Crippen molar-refractivity contribution in [3.05, 3.63) is 29.8 Å². The van der Waals surface area contributed by atoms with Crippen LogP contribution in [-0.4, -0.2) is 57.0 Å². The average molecular weight is 383 g/mol. The van der Waals surface area contributed by atoms with Crippen molar-refractivity contribution in [3.63, 3.8) is 0 Å². The fourth-order valence-corrected chi connectivity index (χ4v) is 3.47. The van der Waals surface area contributed by atoms with Crippen molar-refractivity contribution in [2.75, 3.05) is 19.6 Å². The van der Waals surface area contributed by atoms with Gasteiger partial charge in [0.1, 0.15) is 0 Å². The van der Waals surface area contributed by atoms with Crippen LogP contribution in [0.15, 0.2) is 29.2 Å². The van der Waals surface area contributed by atoms with Crippen LogP contribution in [0.2, 0.25) is 0 Å². The number of esters is 1. The van der Waals surface area contributed by atoms with Crippen molar-refractivity contribution < 1.29 is 27.5 Å². The SMILES string of the molecule is CCCNS(=O)(=O)c1cccc(C(=O)O[C@H](C)C(=O)N2CCNC2=O)c1. The van der Waals surface area contributed by atoms with Gasteiger partial charge in [-0.2, -0.15) is 0 Å². The van der Waals surface area contributed by atoms with Crippen LogP contribution in [-0.2, 0) is 19.6 Å². The zero-order chi connectivity index (χ0) is 19.3. The molecule has 1 aliphatic heterocycles. The summed E-state index contributed by atoms with van der Waals surface area (Å²) in [6.45, 7) is 4.01. The molecule has 3 amide bonds. The fraction of sp³-hybridized carbons (Fsp3) is 0.438. The average Bonchev–Trinajstić information content (AvgIpc) is 3.05. The Labute approximate surface area is 151 Å². The van der Waals surface area contributed by atoms with Gasteiger partial charge < -0.3 is 10.1 Å². The van der Waals surface area contributed by atoms with Crippen LogP contribution in [0.4, 0.5) is 4.79 Å². The summed E-state index contributed by atoms with van der Waals surface area (Å²) in [6.07, 6.45) is -0.546. The number of nitrogens with one attached hydrogen (secondary N) is 2. The third-order valence-corrected chi connectivity index (χ3v) is 5.14. The lowest BCUT2D eigenvalue weighted by molar-refractivity contribution is -0.136. The Bertz CT molecular complexity index is 808. The molecule has 1 heterocycles. The number of imide groups is 1. The Hall–Kier alpha value is -2.46. The maximum atomic E-state index is 12.2. The van der Waals surface area contributed by atoms with E-state index in [1.165, 1.54) is 31.2 Å². The Balaban J connectivity index is 2.09. The lowest BCUT2D eigenvalue weighted by Crippen LogP contribution is -2.41. The van der Waals surface area contributed by atoms with Gasteiger partial charge in [-0.05, 0) is 31.5 Å². The van der Waals surface area contributed by atoms with Crippen LogP contribution in [0.3, 0.4) is 0 Å². The maximum absolute atomic E-state index is 12.2. The third kappa shape index (κ3) is 4.58. The van der Waals surface area contributed by atoms with Gasteiger partial charge in [-0.25, -0.2) is 22.7 Å². The van der Waals surface area contributed by atoms with Crippen molar-refractivity contribution in [3.8, 4) is 0 Å². The van der Waals surface area contributed by atoms with E-state index in [1.54, 1.807) is 0 Å². The van der Waals surface area contributed by atoms with Crippen LogP contribution in [0.1, 0.15) is 30.6 Å². The van der Waals surface area contributed by atoms with E-state index in [2.05, 4.69) is 10.0 Å². The highest BCUT2D eigenvalue weighted by atomic mass is 32.2. The predicted octanol–water partition coefficient (Wildman–Crippen LogP) is 0.472. The molecule has 0 aromatic heterocycles. The summed E-state index contributed by atoms with van der Waals surface area (Å²) in [5.41, 5.74) is -0.00473. The Morgan fingerprint density at radius 2 is 2.12 bits per heavy atom. The quantitative estimate of drug-likeness (QED) is 0.660. The number of amides is 3. The minimum absolute atomic E-state index is 0.00473. The van der Waals surface area contributed by atoms with E-state index in [0.29, 0.717) is 13.0 Å². The molecule has 1 aromatic rings. The van der Waals surface area contributed by atoms with E-state index in [1.807, 2.05) is 6.92 Å². The van der Waals surface area contributed by atoms with Crippen LogP contribution < -0.4 is 10.0 Å². The molecule has 0 bridgehead atoms. The summed E-state index contributed by atoms with van der Waals surface area (Å²) >= 11 is 0. The molecular formula is C16H21N3O6S. The summed E-state index contributed by atoms with van der Waals surface area (Å²) < 4.78 is 31.8. The highest BCUT2D eigenvalue weighted by Gasteiger charge is 2.31. The molecule has 0 unspecified atom stereocenters. The molecule has 1 saturated heterocycles. The van der Waals surface area contributed by atoms with E-state index < -0.39 is 34.0 Å². The molecule has 142 valence electrons. The number of urea groups is 1. The standard InChI is InChI=1S/C16H21N3O6S/c1-3-7-18-26(23,24)13-6-4-5-12(10-13)15(21)25-11(2)14(20)19-9-8-17-16(19)22/h4-6,10-11,18H,3,7-9H2,1-2H3,(H,17,22)/t11-/m1/s1. The molecular weight excluding hydrogens is 362 g/mol. The van der Waals surface area contributed by atoms with Crippen molar-refractivity contribution >= 4 is 27.9 Å². The highest BCUT2D eigenvalue weighted by molar-refractivity contribution is 7.89. The predicted molar refractivity (Wildman–Crippen MR) is 91.9 cm³/mol. The number of hydrogen-bond acceptors (Lipinski definition) is 6. The first kappa shape index (κ1) is 19.9. The second-order valence-electron chi connectivity index (χ2n) is 5.69. The molecule has 10 heteroatoms. The fourth-order valence-electron chi connectivity index (χ4n) is 2.29. The lowest BCUT2D eigenvalue weighted by atomic mass is 10.2. The van der Waals surface area contributed by atoms with E-state index in [4.69, 9.17) is 4.74 Å². The van der Waals surface area contributed by atoms with Crippen LogP contribution in [0, 0.1) is 0 Å². The summed E-state index contributed by atoms with van der Waals surface area (Å²) in [4.78, 5) is 36.8. The zero-order valence-corrected chi connectivity index (χ0v) is 15.3. The smallest absolute Gasteiger partial charge is 0.338 e. The number of benzene rings is 1. The number of rotatable bonds is 7. The van der Waals surface area contributed by atoms with Crippen molar-refractivity contribution in [2.24, 2.45) is 0 Å². The van der Waals surface area contributed by atoms with Crippen LogP contribution in [0.25, 0.3) is 0 Å². The van der Waals surface area contributed by atoms with E-state index in [-0.39, 0.29) is 23.5 Å². The van der Waals surface area contributed by atoms with Gasteiger partial charge in [0.2, 0.25) is 10.0 Å². The molecule has 1 aromatic carbocycles. The molecule has 2 N–H and O–H groups in total. The van der Waals surface area contributed by atoms with E-state index >= 15 is 0 Å². The van der Waals surface area contributed by atoms with Gasteiger partial charge in [-0.15, -0.1) is 0 Å². The molecule has 2 rings (SSSR count). The topological polar surface area (TPSA) is 122 Å². The molecule has 0 radical (unpaired) electrons. The van der Waals surface area contributed by atoms with Gasteiger partial charge in [0.05, 0.1) is 10.5 Å². The maximum Gasteiger partial charge on any atom is 0.338 e. The summed E-state index contributed by atoms with van der Waals surface area (Å²) in [7, 11) is -3.73. The normalized spacial score (nSPS) is 15.5. The zero-order valence-electron chi connectivity index (χ0n) is 14.5. The number of carbonyl (C=O) groups excluding carboxylic acids is 3. The highest BCUT2D eigenvalue weighted by Crippen LogP contribution is 2.14. The van der Waals surface area contributed by atoms with E-state index in [9.17, 15) is 22.8 Å².